The molecule has 0 radical (unpaired) electrons. The second kappa shape index (κ2) is 7.59. The van der Waals surface area contributed by atoms with Crippen LogP contribution in [0.1, 0.15) is 17.1 Å². The molecule has 1 saturated heterocycles. The van der Waals surface area contributed by atoms with Crippen molar-refractivity contribution in [2.75, 3.05) is 38.2 Å². The van der Waals surface area contributed by atoms with Gasteiger partial charge < -0.3 is 14.1 Å². The van der Waals surface area contributed by atoms with Crippen molar-refractivity contribution in [2.24, 2.45) is 0 Å². The molecule has 2 aromatic heterocycles. The topological polar surface area (TPSA) is 80.7 Å². The number of ether oxygens (including phenoxy) is 1. The van der Waals surface area contributed by atoms with Crippen LogP contribution in [0.4, 0.5) is 10.2 Å². The molecule has 148 valence electrons. The molecular weight excluding hydrogens is 365 g/mol. The number of methoxy groups -OCH3 is 1. The van der Waals surface area contributed by atoms with Gasteiger partial charge in [-0.25, -0.2) is 14.0 Å². The van der Waals surface area contributed by atoms with Crippen molar-refractivity contribution in [3.63, 3.8) is 0 Å². The third kappa shape index (κ3) is 3.57. The molecule has 1 aliphatic heterocycles. The Morgan fingerprint density at radius 3 is 2.57 bits per heavy atom. The number of piperazine rings is 1. The monoisotopic (exact) mass is 387 g/mol. The van der Waals surface area contributed by atoms with Gasteiger partial charge in [-0.15, -0.1) is 0 Å². The van der Waals surface area contributed by atoms with E-state index >= 15 is 0 Å². The summed E-state index contributed by atoms with van der Waals surface area (Å²) in [6, 6.07) is 4.64. The van der Waals surface area contributed by atoms with Crippen LogP contribution in [0.15, 0.2) is 27.2 Å². The van der Waals surface area contributed by atoms with Crippen molar-refractivity contribution in [1.82, 2.24) is 20.2 Å². The number of hydrogen-bond acceptors (Lipinski definition) is 8. The SMILES string of the molecule is COc1ccc(-c2nc(CN3CCN(c4nonc4C)CC3)c(C)o2)c(F)c1. The quantitative estimate of drug-likeness (QED) is 0.661. The zero-order valence-electron chi connectivity index (χ0n) is 16.1. The number of aromatic nitrogens is 3. The normalized spacial score (nSPS) is 15.2. The zero-order chi connectivity index (χ0) is 19.7. The first-order valence-electron chi connectivity index (χ1n) is 9.12. The van der Waals surface area contributed by atoms with Gasteiger partial charge in [0.2, 0.25) is 5.89 Å². The Bertz CT molecular complexity index is 962. The lowest BCUT2D eigenvalue weighted by Gasteiger charge is -2.34. The van der Waals surface area contributed by atoms with Gasteiger partial charge in [-0.2, -0.15) is 0 Å². The van der Waals surface area contributed by atoms with E-state index in [2.05, 4.69) is 25.1 Å². The third-order valence-electron chi connectivity index (χ3n) is 4.97. The smallest absolute Gasteiger partial charge is 0.229 e. The number of hydrogen-bond donors (Lipinski definition) is 0. The second-order valence-corrected chi connectivity index (χ2v) is 6.80. The molecule has 0 atom stereocenters. The van der Waals surface area contributed by atoms with E-state index in [1.165, 1.54) is 13.2 Å². The largest absolute Gasteiger partial charge is 0.497 e. The molecule has 0 spiro atoms. The van der Waals surface area contributed by atoms with E-state index in [4.69, 9.17) is 13.8 Å². The molecule has 9 heteroatoms. The van der Waals surface area contributed by atoms with Gasteiger partial charge in [-0.1, -0.05) is 5.16 Å². The number of oxazole rings is 1. The van der Waals surface area contributed by atoms with Gasteiger partial charge in [0.15, 0.2) is 5.82 Å². The Morgan fingerprint density at radius 2 is 1.93 bits per heavy atom. The van der Waals surface area contributed by atoms with E-state index in [1.54, 1.807) is 12.1 Å². The second-order valence-electron chi connectivity index (χ2n) is 6.80. The Balaban J connectivity index is 1.43. The van der Waals surface area contributed by atoms with E-state index in [0.717, 1.165) is 43.4 Å². The first-order chi connectivity index (χ1) is 13.5. The van der Waals surface area contributed by atoms with Gasteiger partial charge >= 0.3 is 0 Å². The maximum Gasteiger partial charge on any atom is 0.229 e. The van der Waals surface area contributed by atoms with Crippen molar-refractivity contribution in [3.05, 3.63) is 41.2 Å². The fourth-order valence-electron chi connectivity index (χ4n) is 3.33. The maximum atomic E-state index is 14.3. The van der Waals surface area contributed by atoms with E-state index in [1.807, 2.05) is 13.8 Å². The van der Waals surface area contributed by atoms with Crippen LogP contribution >= 0.6 is 0 Å². The van der Waals surface area contributed by atoms with Gasteiger partial charge in [0.25, 0.3) is 0 Å². The minimum absolute atomic E-state index is 0.288. The standard InChI is InChI=1S/C19H22FN5O3/c1-12-18(23-28-22-12)25-8-6-24(7-9-25)11-17-13(2)27-19(21-17)15-5-4-14(26-3)10-16(15)20/h4-5,10H,6-9,11H2,1-3H3. The van der Waals surface area contributed by atoms with Crippen LogP contribution in [-0.2, 0) is 6.54 Å². The highest BCUT2D eigenvalue weighted by Gasteiger charge is 2.23. The van der Waals surface area contributed by atoms with Gasteiger partial charge in [0.05, 0.1) is 18.4 Å². The molecule has 3 aromatic rings. The molecule has 0 N–H and O–H groups in total. The van der Waals surface area contributed by atoms with Crippen molar-refractivity contribution >= 4 is 5.82 Å². The Kier molecular flexibility index (Phi) is 4.99. The van der Waals surface area contributed by atoms with Crippen molar-refractivity contribution in [2.45, 2.75) is 20.4 Å². The van der Waals surface area contributed by atoms with E-state index in [9.17, 15) is 4.39 Å². The Labute approximate surface area is 161 Å². The summed E-state index contributed by atoms with van der Waals surface area (Å²) >= 11 is 0. The van der Waals surface area contributed by atoms with Crippen LogP contribution in [0.5, 0.6) is 5.75 Å². The summed E-state index contributed by atoms with van der Waals surface area (Å²) in [5, 5.41) is 7.81. The Morgan fingerprint density at radius 1 is 1.14 bits per heavy atom. The maximum absolute atomic E-state index is 14.3. The summed E-state index contributed by atoms with van der Waals surface area (Å²) in [6.07, 6.45) is 0. The lowest BCUT2D eigenvalue weighted by molar-refractivity contribution is 0.243. The molecule has 1 fully saturated rings. The van der Waals surface area contributed by atoms with Gasteiger partial charge in [0, 0.05) is 38.8 Å². The summed E-state index contributed by atoms with van der Waals surface area (Å²) in [7, 11) is 1.50. The fourth-order valence-corrected chi connectivity index (χ4v) is 3.33. The lowest BCUT2D eigenvalue weighted by atomic mass is 10.2. The highest BCUT2D eigenvalue weighted by atomic mass is 19.1. The highest BCUT2D eigenvalue weighted by Crippen LogP contribution is 2.28. The fraction of sp³-hybridized carbons (Fsp3) is 0.421. The molecule has 8 nitrogen and oxygen atoms in total. The summed E-state index contributed by atoms with van der Waals surface area (Å²) < 4.78 is 29.9. The van der Waals surface area contributed by atoms with Gasteiger partial charge in [-0.05, 0) is 31.1 Å². The number of benzene rings is 1. The average Bonchev–Trinajstić information content (AvgIpc) is 3.28. The molecule has 1 aromatic carbocycles. The van der Waals surface area contributed by atoms with Crippen LogP contribution in [-0.4, -0.2) is 53.5 Å². The first-order valence-corrected chi connectivity index (χ1v) is 9.12. The third-order valence-corrected chi connectivity index (χ3v) is 4.97. The number of aryl methyl sites for hydroxylation is 2. The van der Waals surface area contributed by atoms with Crippen molar-refractivity contribution in [1.29, 1.82) is 0 Å². The van der Waals surface area contributed by atoms with E-state index < -0.39 is 5.82 Å². The number of halogens is 1. The molecule has 0 unspecified atom stereocenters. The van der Waals surface area contributed by atoms with Crippen LogP contribution in [0.2, 0.25) is 0 Å². The Hall–Kier alpha value is -2.94. The van der Waals surface area contributed by atoms with Crippen LogP contribution < -0.4 is 9.64 Å². The number of rotatable bonds is 5. The predicted octanol–water partition coefficient (Wildman–Crippen LogP) is 2.81. The zero-order valence-corrected chi connectivity index (χ0v) is 16.1. The van der Waals surface area contributed by atoms with Crippen molar-refractivity contribution < 1.29 is 18.2 Å². The highest BCUT2D eigenvalue weighted by molar-refractivity contribution is 5.56. The minimum Gasteiger partial charge on any atom is -0.497 e. The van der Waals surface area contributed by atoms with E-state index in [-0.39, 0.29) is 5.89 Å². The van der Waals surface area contributed by atoms with Crippen molar-refractivity contribution in [3.8, 4) is 17.2 Å². The molecule has 0 aliphatic carbocycles. The number of anilines is 1. The molecular formula is C19H22FN5O3. The molecule has 3 heterocycles. The number of nitrogens with zero attached hydrogens (tertiary/aromatic N) is 5. The minimum atomic E-state index is -0.419. The molecule has 28 heavy (non-hydrogen) atoms. The summed E-state index contributed by atoms with van der Waals surface area (Å²) in [5.41, 5.74) is 1.94. The molecule has 0 bridgehead atoms. The molecule has 0 amide bonds. The first kappa shape index (κ1) is 18.4. The average molecular weight is 387 g/mol. The van der Waals surface area contributed by atoms with Crippen LogP contribution in [0.25, 0.3) is 11.5 Å². The molecule has 4 rings (SSSR count). The summed E-state index contributed by atoms with van der Waals surface area (Å²) in [6.45, 7) is 7.75. The summed E-state index contributed by atoms with van der Waals surface area (Å²) in [5.74, 6) is 1.83. The lowest BCUT2D eigenvalue weighted by Crippen LogP contribution is -2.46. The summed E-state index contributed by atoms with van der Waals surface area (Å²) in [4.78, 5) is 8.99. The predicted molar refractivity (Wildman–Crippen MR) is 99.7 cm³/mol. The van der Waals surface area contributed by atoms with Gasteiger partial charge in [-0.3, -0.25) is 4.90 Å². The van der Waals surface area contributed by atoms with Crippen LogP contribution in [0.3, 0.4) is 0 Å². The van der Waals surface area contributed by atoms with Crippen LogP contribution in [0, 0.1) is 19.7 Å². The van der Waals surface area contributed by atoms with Gasteiger partial charge in [0.1, 0.15) is 23.0 Å². The molecule has 1 aliphatic rings. The van der Waals surface area contributed by atoms with E-state index in [0.29, 0.717) is 23.6 Å². The molecule has 0 saturated carbocycles.